The zero-order chi connectivity index (χ0) is 15.8. The van der Waals surface area contributed by atoms with Gasteiger partial charge in [0.25, 0.3) is 0 Å². The number of hydrogen-bond donors (Lipinski definition) is 2. The molecule has 6 nitrogen and oxygen atoms in total. The molecule has 0 bridgehead atoms. The molecule has 0 saturated heterocycles. The number of aromatic carboxylic acids is 1. The maximum absolute atomic E-state index is 13.3. The van der Waals surface area contributed by atoms with Crippen LogP contribution >= 0.6 is 0 Å². The van der Waals surface area contributed by atoms with Crippen molar-refractivity contribution in [3.8, 4) is 0 Å². The molecule has 0 atom stereocenters. The molecular formula is C14H17FN2O4. The van der Waals surface area contributed by atoms with Crippen molar-refractivity contribution in [1.82, 2.24) is 4.90 Å². The summed E-state index contributed by atoms with van der Waals surface area (Å²) >= 11 is 0. The lowest BCUT2D eigenvalue weighted by Gasteiger charge is -2.21. The molecule has 0 fully saturated rings. The molecule has 1 aromatic rings. The van der Waals surface area contributed by atoms with Gasteiger partial charge >= 0.3 is 12.0 Å². The van der Waals surface area contributed by atoms with Gasteiger partial charge in [0, 0.05) is 25.9 Å². The minimum Gasteiger partial charge on any atom is -0.478 e. The monoisotopic (exact) mass is 296 g/mol. The average Bonchev–Trinajstić information content (AvgIpc) is 2.45. The number of amides is 2. The lowest BCUT2D eigenvalue weighted by molar-refractivity contribution is 0.0692. The van der Waals surface area contributed by atoms with E-state index < -0.39 is 23.4 Å². The largest absolute Gasteiger partial charge is 0.478 e. The number of halogens is 1. The van der Waals surface area contributed by atoms with E-state index >= 15 is 0 Å². The lowest BCUT2D eigenvalue weighted by Crippen LogP contribution is -2.37. The normalized spacial score (nSPS) is 10.0. The second kappa shape index (κ2) is 8.01. The van der Waals surface area contributed by atoms with Gasteiger partial charge in [0.1, 0.15) is 5.82 Å². The first-order valence-electron chi connectivity index (χ1n) is 6.18. The van der Waals surface area contributed by atoms with E-state index in [-0.39, 0.29) is 5.69 Å². The molecule has 114 valence electrons. The van der Waals surface area contributed by atoms with Crippen LogP contribution in [0.5, 0.6) is 0 Å². The van der Waals surface area contributed by atoms with Gasteiger partial charge in [0.2, 0.25) is 0 Å². The first-order valence-corrected chi connectivity index (χ1v) is 6.18. The van der Waals surface area contributed by atoms with Crippen LogP contribution in [0.15, 0.2) is 30.9 Å². The van der Waals surface area contributed by atoms with Crippen molar-refractivity contribution >= 4 is 17.7 Å². The number of ether oxygens (including phenoxy) is 1. The number of urea groups is 1. The molecule has 2 N–H and O–H groups in total. The van der Waals surface area contributed by atoms with E-state index in [0.29, 0.717) is 19.7 Å². The highest BCUT2D eigenvalue weighted by Crippen LogP contribution is 2.15. The molecule has 2 amide bonds. The summed E-state index contributed by atoms with van der Waals surface area (Å²) in [5.74, 6) is -2.26. The van der Waals surface area contributed by atoms with Gasteiger partial charge in [-0.3, -0.25) is 0 Å². The highest BCUT2D eigenvalue weighted by molar-refractivity contribution is 5.93. The van der Waals surface area contributed by atoms with E-state index in [1.54, 1.807) is 6.08 Å². The van der Waals surface area contributed by atoms with Gasteiger partial charge in [-0.15, -0.1) is 6.58 Å². The number of carbonyl (C=O) groups excluding carboxylic acids is 1. The highest BCUT2D eigenvalue weighted by Gasteiger charge is 2.15. The van der Waals surface area contributed by atoms with Crippen molar-refractivity contribution in [3.63, 3.8) is 0 Å². The Morgan fingerprint density at radius 3 is 2.81 bits per heavy atom. The van der Waals surface area contributed by atoms with Crippen LogP contribution in [-0.4, -0.2) is 48.8 Å². The van der Waals surface area contributed by atoms with Crippen molar-refractivity contribution < 1.29 is 23.8 Å². The van der Waals surface area contributed by atoms with Crippen LogP contribution in [0, 0.1) is 5.82 Å². The second-order valence-corrected chi connectivity index (χ2v) is 4.16. The number of nitrogens with zero attached hydrogens (tertiary/aromatic N) is 1. The van der Waals surface area contributed by atoms with E-state index in [0.717, 1.165) is 12.1 Å². The van der Waals surface area contributed by atoms with Gasteiger partial charge in [0.05, 0.1) is 12.2 Å². The van der Waals surface area contributed by atoms with Crippen LogP contribution in [0.1, 0.15) is 10.4 Å². The Balaban J connectivity index is 2.82. The molecular weight excluding hydrogens is 279 g/mol. The number of rotatable bonds is 7. The summed E-state index contributed by atoms with van der Waals surface area (Å²) in [4.78, 5) is 24.3. The van der Waals surface area contributed by atoms with E-state index in [2.05, 4.69) is 11.9 Å². The van der Waals surface area contributed by atoms with Crippen LogP contribution in [-0.2, 0) is 4.74 Å². The third kappa shape index (κ3) is 4.88. The van der Waals surface area contributed by atoms with Gasteiger partial charge in [-0.1, -0.05) is 6.08 Å². The summed E-state index contributed by atoms with van der Waals surface area (Å²) in [6, 6.07) is 2.90. The zero-order valence-electron chi connectivity index (χ0n) is 11.6. The van der Waals surface area contributed by atoms with Crippen LogP contribution in [0.3, 0.4) is 0 Å². The molecule has 0 unspecified atom stereocenters. The Morgan fingerprint density at radius 1 is 1.52 bits per heavy atom. The minimum absolute atomic E-state index is 0.199. The highest BCUT2D eigenvalue weighted by atomic mass is 19.1. The fraction of sp³-hybridized carbons (Fsp3) is 0.286. The molecule has 0 aliphatic heterocycles. The topological polar surface area (TPSA) is 78.9 Å². The number of benzene rings is 1. The molecule has 7 heteroatoms. The second-order valence-electron chi connectivity index (χ2n) is 4.16. The van der Waals surface area contributed by atoms with Gasteiger partial charge in [-0.05, 0) is 18.2 Å². The summed E-state index contributed by atoms with van der Waals surface area (Å²) < 4.78 is 18.2. The van der Waals surface area contributed by atoms with Gasteiger partial charge in [0.15, 0.2) is 0 Å². The Hall–Kier alpha value is -2.41. The number of methoxy groups -OCH3 is 1. The van der Waals surface area contributed by atoms with E-state index in [9.17, 15) is 14.0 Å². The average molecular weight is 296 g/mol. The fourth-order valence-corrected chi connectivity index (χ4v) is 1.60. The zero-order valence-corrected chi connectivity index (χ0v) is 11.6. The van der Waals surface area contributed by atoms with Crippen molar-refractivity contribution in [2.24, 2.45) is 0 Å². The predicted molar refractivity (Wildman–Crippen MR) is 76.0 cm³/mol. The SMILES string of the molecule is C=CCN(CCOC)C(=O)Nc1ccc(F)c(C(=O)O)c1. The summed E-state index contributed by atoms with van der Waals surface area (Å²) in [6.45, 7) is 4.57. The summed E-state index contributed by atoms with van der Waals surface area (Å²) in [7, 11) is 1.52. The van der Waals surface area contributed by atoms with Crippen LogP contribution < -0.4 is 5.32 Å². The Bertz CT molecular complexity index is 534. The van der Waals surface area contributed by atoms with Crippen molar-refractivity contribution in [2.75, 3.05) is 32.1 Å². The quantitative estimate of drug-likeness (QED) is 0.756. The number of anilines is 1. The number of carboxylic acids is 1. The molecule has 0 aromatic heterocycles. The number of carbonyl (C=O) groups is 2. The Labute approximate surface area is 121 Å². The molecule has 0 heterocycles. The summed E-state index contributed by atoms with van der Waals surface area (Å²) in [5, 5.41) is 11.4. The van der Waals surface area contributed by atoms with Crippen molar-refractivity contribution in [1.29, 1.82) is 0 Å². The van der Waals surface area contributed by atoms with E-state index in [1.165, 1.54) is 18.1 Å². The molecule has 0 aliphatic rings. The smallest absolute Gasteiger partial charge is 0.338 e. The maximum atomic E-state index is 13.3. The lowest BCUT2D eigenvalue weighted by atomic mass is 10.2. The molecule has 0 saturated carbocycles. The Kier molecular flexibility index (Phi) is 6.35. The fourth-order valence-electron chi connectivity index (χ4n) is 1.60. The van der Waals surface area contributed by atoms with Crippen molar-refractivity contribution in [2.45, 2.75) is 0 Å². The minimum atomic E-state index is -1.40. The van der Waals surface area contributed by atoms with Crippen LogP contribution in [0.4, 0.5) is 14.9 Å². The molecule has 1 aromatic carbocycles. The number of nitrogens with one attached hydrogen (secondary N) is 1. The molecule has 0 aliphatic carbocycles. The van der Waals surface area contributed by atoms with Crippen molar-refractivity contribution in [3.05, 3.63) is 42.2 Å². The predicted octanol–water partition coefficient (Wildman–Crippen LogP) is 2.19. The van der Waals surface area contributed by atoms with Crippen LogP contribution in [0.2, 0.25) is 0 Å². The first-order chi connectivity index (χ1) is 9.99. The number of carboxylic acid groups (broad SMARTS) is 1. The first kappa shape index (κ1) is 16.6. The standard InChI is InChI=1S/C14H17FN2O4/c1-3-6-17(7-8-21-2)14(20)16-10-4-5-12(15)11(9-10)13(18)19/h3-5,9H,1,6-8H2,2H3,(H,16,20)(H,18,19). The molecule has 0 radical (unpaired) electrons. The third-order valence-corrected chi connectivity index (χ3v) is 2.65. The summed E-state index contributed by atoms with van der Waals surface area (Å²) in [5.41, 5.74) is -0.301. The van der Waals surface area contributed by atoms with E-state index in [1.807, 2.05) is 0 Å². The van der Waals surface area contributed by atoms with E-state index in [4.69, 9.17) is 9.84 Å². The number of hydrogen-bond acceptors (Lipinski definition) is 3. The summed E-state index contributed by atoms with van der Waals surface area (Å²) in [6.07, 6.45) is 1.56. The molecule has 21 heavy (non-hydrogen) atoms. The maximum Gasteiger partial charge on any atom is 0.338 e. The van der Waals surface area contributed by atoms with Gasteiger partial charge in [-0.2, -0.15) is 0 Å². The third-order valence-electron chi connectivity index (χ3n) is 2.65. The van der Waals surface area contributed by atoms with Gasteiger partial charge in [-0.25, -0.2) is 14.0 Å². The molecule has 1 rings (SSSR count). The Morgan fingerprint density at radius 2 is 2.24 bits per heavy atom. The molecule has 0 spiro atoms. The van der Waals surface area contributed by atoms with Gasteiger partial charge < -0.3 is 20.1 Å². The van der Waals surface area contributed by atoms with Crippen LogP contribution in [0.25, 0.3) is 0 Å².